The van der Waals surface area contributed by atoms with E-state index >= 15 is 0 Å². The topological polar surface area (TPSA) is 74.4 Å². The van der Waals surface area contributed by atoms with Crippen molar-refractivity contribution in [1.82, 2.24) is 0 Å². The molecule has 0 bridgehead atoms. The molecule has 0 heterocycles. The van der Waals surface area contributed by atoms with E-state index in [1.807, 2.05) is 93.6 Å². The minimum absolute atomic E-state index is 0.0189. The maximum atomic E-state index is 13.2. The van der Waals surface area contributed by atoms with Crippen molar-refractivity contribution in [3.63, 3.8) is 0 Å². The lowest BCUT2D eigenvalue weighted by atomic mass is 9.93. The van der Waals surface area contributed by atoms with Crippen LogP contribution in [0, 0.1) is 20.8 Å². The van der Waals surface area contributed by atoms with E-state index in [9.17, 15) is 14.4 Å². The number of halogens is 1. The third-order valence-corrected chi connectivity index (χ3v) is 8.68. The Morgan fingerprint density at radius 3 is 1.83 bits per heavy atom. The Bertz CT molecular complexity index is 1610. The van der Waals surface area contributed by atoms with Crippen LogP contribution in [0.5, 0.6) is 0 Å². The van der Waals surface area contributed by atoms with Gasteiger partial charge in [0.05, 0.1) is 6.42 Å². The Morgan fingerprint density at radius 1 is 0.762 bits per heavy atom. The Balaban J connectivity index is 1.41. The Hall–Kier alpha value is -3.65. The van der Waals surface area contributed by atoms with Gasteiger partial charge in [-0.1, -0.05) is 41.1 Å². The first kappa shape index (κ1) is 31.3. The second kappa shape index (κ2) is 14.5. The van der Waals surface area contributed by atoms with Gasteiger partial charge >= 0.3 is 5.97 Å². The van der Waals surface area contributed by atoms with E-state index < -0.39 is 5.97 Å². The number of rotatable bonds is 11. The van der Waals surface area contributed by atoms with Crippen molar-refractivity contribution in [1.29, 1.82) is 0 Å². The van der Waals surface area contributed by atoms with Gasteiger partial charge in [-0.25, -0.2) is 9.63 Å². The molecule has 0 aromatic heterocycles. The third kappa shape index (κ3) is 8.44. The van der Waals surface area contributed by atoms with Gasteiger partial charge in [0.2, 0.25) is 0 Å². The van der Waals surface area contributed by atoms with Crippen LogP contribution >= 0.6 is 35.1 Å². The number of carbonyl (C=O) groups excluding carboxylic acids is 3. The summed E-state index contributed by atoms with van der Waals surface area (Å²) in [6, 6.07) is 26.4. The number of carbonyl (C=O) groups is 3. The summed E-state index contributed by atoms with van der Waals surface area (Å²) in [5.74, 6) is -0.152. The molecular formula is C34H31ClNO4S2+. The molecular weight excluding hydrogens is 586 g/mol. The first-order valence-corrected chi connectivity index (χ1v) is 15.5. The molecule has 1 N–H and O–H groups in total. The maximum Gasteiger partial charge on any atom is 0.376 e. The zero-order valence-corrected chi connectivity index (χ0v) is 26.2. The molecule has 4 aromatic carbocycles. The minimum atomic E-state index is -0.533. The SMILES string of the molecule is CC(=O)O/[NH+]=C(\CCSc1ccc(Cl)cc1)C(=O)c1ccc(Sc2ccc(C(=O)c3c(C)cc(C)cc3C)cc2)cc1. The molecule has 214 valence electrons. The zero-order valence-electron chi connectivity index (χ0n) is 23.8. The van der Waals surface area contributed by atoms with Gasteiger partial charge in [-0.15, -0.1) is 11.8 Å². The van der Waals surface area contributed by atoms with Crippen LogP contribution in [0.4, 0.5) is 0 Å². The molecule has 0 fully saturated rings. The maximum absolute atomic E-state index is 13.2. The second-order valence-corrected chi connectivity index (χ2v) is 12.6. The van der Waals surface area contributed by atoms with Crippen LogP contribution in [-0.4, -0.2) is 29.0 Å². The predicted molar refractivity (Wildman–Crippen MR) is 170 cm³/mol. The number of benzene rings is 4. The number of ketones is 2. The number of aryl methyl sites for hydroxylation is 3. The quantitative estimate of drug-likeness (QED) is 0.0642. The van der Waals surface area contributed by atoms with Gasteiger partial charge in [0, 0.05) is 49.1 Å². The summed E-state index contributed by atoms with van der Waals surface area (Å²) < 4.78 is 0. The first-order chi connectivity index (χ1) is 20.1. The van der Waals surface area contributed by atoms with Crippen LogP contribution in [0.15, 0.2) is 99.6 Å². The summed E-state index contributed by atoms with van der Waals surface area (Å²) in [6.45, 7) is 7.25. The lowest BCUT2D eigenvalue weighted by Crippen LogP contribution is -2.74. The zero-order chi connectivity index (χ0) is 30.2. The van der Waals surface area contributed by atoms with Crippen LogP contribution in [-0.2, 0) is 9.63 Å². The van der Waals surface area contributed by atoms with Crippen LogP contribution in [0.2, 0.25) is 5.02 Å². The molecule has 8 heteroatoms. The summed E-state index contributed by atoms with van der Waals surface area (Å²) in [4.78, 5) is 45.7. The summed E-state index contributed by atoms with van der Waals surface area (Å²) in [7, 11) is 0. The van der Waals surface area contributed by atoms with Crippen molar-refractivity contribution >= 4 is 58.4 Å². The third-order valence-electron chi connectivity index (χ3n) is 6.40. The highest BCUT2D eigenvalue weighted by Gasteiger charge is 2.22. The summed E-state index contributed by atoms with van der Waals surface area (Å²) >= 11 is 9.07. The average molecular weight is 617 g/mol. The van der Waals surface area contributed by atoms with E-state index in [0.29, 0.717) is 34.0 Å². The highest BCUT2D eigenvalue weighted by Crippen LogP contribution is 2.29. The van der Waals surface area contributed by atoms with Crippen molar-refractivity contribution in [2.24, 2.45) is 0 Å². The van der Waals surface area contributed by atoms with Crippen LogP contribution in [0.25, 0.3) is 0 Å². The first-order valence-electron chi connectivity index (χ1n) is 13.3. The summed E-state index contributed by atoms with van der Waals surface area (Å²) in [6.07, 6.45) is 0.378. The van der Waals surface area contributed by atoms with Gasteiger partial charge < -0.3 is 0 Å². The van der Waals surface area contributed by atoms with Gasteiger partial charge in [-0.05, 0) is 110 Å². The van der Waals surface area contributed by atoms with Crippen molar-refractivity contribution in [2.75, 3.05) is 5.75 Å². The minimum Gasteiger partial charge on any atom is -0.289 e. The van der Waals surface area contributed by atoms with Gasteiger partial charge in [0.25, 0.3) is 11.5 Å². The number of nitrogens with one attached hydrogen (secondary N) is 1. The molecule has 42 heavy (non-hydrogen) atoms. The Morgan fingerprint density at radius 2 is 1.29 bits per heavy atom. The van der Waals surface area contributed by atoms with Crippen LogP contribution in [0.1, 0.15) is 56.3 Å². The van der Waals surface area contributed by atoms with E-state index in [0.717, 1.165) is 36.9 Å². The highest BCUT2D eigenvalue weighted by atomic mass is 35.5. The summed E-state index contributed by atoms with van der Waals surface area (Å²) in [5.41, 5.74) is 5.28. The largest absolute Gasteiger partial charge is 0.376 e. The van der Waals surface area contributed by atoms with Crippen molar-refractivity contribution in [3.05, 3.63) is 123 Å². The van der Waals surface area contributed by atoms with E-state index in [-0.39, 0.29) is 11.6 Å². The fourth-order valence-electron chi connectivity index (χ4n) is 4.49. The van der Waals surface area contributed by atoms with Crippen molar-refractivity contribution in [3.8, 4) is 0 Å². The molecule has 0 aliphatic rings. The Kier molecular flexibility index (Phi) is 10.8. The standard InChI is InChI=1S/C34H30ClNO4S2/c1-21-19-22(2)32(23(3)20-21)34(39)26-7-13-30(14-8-26)42-29-11-5-25(6-12-29)33(38)31(36-40-24(4)37)17-18-41-28-15-9-27(35)10-16-28/h5-16,19-20H,17-18H2,1-4H3/p+1/b36-31+. The van der Waals surface area contributed by atoms with E-state index in [1.54, 1.807) is 35.7 Å². The van der Waals surface area contributed by atoms with Gasteiger partial charge in [0.15, 0.2) is 5.78 Å². The normalized spacial score (nSPS) is 11.3. The monoisotopic (exact) mass is 616 g/mol. The average Bonchev–Trinajstić information content (AvgIpc) is 2.95. The second-order valence-electron chi connectivity index (χ2n) is 9.81. The van der Waals surface area contributed by atoms with Crippen LogP contribution < -0.4 is 5.16 Å². The Labute approximate surface area is 259 Å². The number of thioether (sulfide) groups is 1. The summed E-state index contributed by atoms with van der Waals surface area (Å²) in [5, 5.41) is 3.22. The lowest BCUT2D eigenvalue weighted by molar-refractivity contribution is -0.723. The molecule has 0 atom stereocenters. The van der Waals surface area contributed by atoms with Crippen molar-refractivity contribution < 1.29 is 24.4 Å². The fraction of sp³-hybridized carbons (Fsp3) is 0.176. The molecule has 4 rings (SSSR count). The number of hydrogen-bond acceptors (Lipinski definition) is 6. The van der Waals surface area contributed by atoms with E-state index in [2.05, 4.69) is 5.16 Å². The van der Waals surface area contributed by atoms with E-state index in [1.165, 1.54) is 6.92 Å². The van der Waals surface area contributed by atoms with Gasteiger partial charge in [-0.3, -0.25) is 9.59 Å². The number of hydrogen-bond donors (Lipinski definition) is 1. The predicted octanol–water partition coefficient (Wildman–Crippen LogP) is 7.01. The van der Waals surface area contributed by atoms with Crippen molar-refractivity contribution in [2.45, 2.75) is 48.8 Å². The number of Topliss-reactive ketones (excluding diaryl/α,β-unsaturated/α-hetero) is 1. The molecule has 0 saturated heterocycles. The van der Waals surface area contributed by atoms with Gasteiger partial charge in [-0.2, -0.15) is 0 Å². The molecule has 0 radical (unpaired) electrons. The molecule has 0 unspecified atom stereocenters. The molecule has 5 nitrogen and oxygen atoms in total. The molecule has 0 amide bonds. The van der Waals surface area contributed by atoms with Gasteiger partial charge in [0.1, 0.15) is 0 Å². The highest BCUT2D eigenvalue weighted by molar-refractivity contribution is 7.99. The molecule has 0 aliphatic heterocycles. The fourth-order valence-corrected chi connectivity index (χ4v) is 6.30. The smallest absolute Gasteiger partial charge is 0.289 e. The van der Waals surface area contributed by atoms with E-state index in [4.69, 9.17) is 16.4 Å². The molecule has 0 saturated carbocycles. The lowest BCUT2D eigenvalue weighted by Gasteiger charge is -2.11. The molecule has 0 aliphatic carbocycles. The molecule has 4 aromatic rings. The van der Waals surface area contributed by atoms with Crippen LogP contribution in [0.3, 0.4) is 0 Å². The molecule has 0 spiro atoms.